The fraction of sp³-hybridized carbons (Fsp3) is 0.565. The van der Waals surface area contributed by atoms with Crippen molar-refractivity contribution in [3.05, 3.63) is 39.8 Å². The Hall–Kier alpha value is -1.59. The molecule has 1 N–H and O–H groups in total. The second-order valence-corrected chi connectivity index (χ2v) is 8.06. The van der Waals surface area contributed by atoms with Gasteiger partial charge in [-0.25, -0.2) is 4.98 Å². The van der Waals surface area contributed by atoms with E-state index >= 15 is 0 Å². The highest BCUT2D eigenvalue weighted by Gasteiger charge is 2.12. The van der Waals surface area contributed by atoms with Gasteiger partial charge in [-0.05, 0) is 51.3 Å². The molecule has 1 heterocycles. The lowest BCUT2D eigenvalue weighted by Gasteiger charge is -2.21. The van der Waals surface area contributed by atoms with E-state index in [4.69, 9.17) is 19.2 Å². The van der Waals surface area contributed by atoms with E-state index in [2.05, 4.69) is 39.6 Å². The number of halogens is 1. The lowest BCUT2D eigenvalue weighted by atomic mass is 10.1. The first-order chi connectivity index (χ1) is 15.0. The Morgan fingerprint density at radius 3 is 2.69 bits per heavy atom. The molecule has 1 unspecified atom stereocenters. The highest BCUT2D eigenvalue weighted by atomic mass is 127. The summed E-state index contributed by atoms with van der Waals surface area (Å²) in [7, 11) is 5.41. The number of hydrogen-bond acceptors (Lipinski definition) is 6. The molecule has 9 heteroatoms. The number of aromatic nitrogens is 1. The molecule has 0 amide bonds. The van der Waals surface area contributed by atoms with Crippen molar-refractivity contribution >= 4 is 41.3 Å². The van der Waals surface area contributed by atoms with Gasteiger partial charge in [-0.1, -0.05) is 6.07 Å². The maximum absolute atomic E-state index is 5.67. The van der Waals surface area contributed by atoms with E-state index in [1.165, 1.54) is 5.56 Å². The molecule has 180 valence electrons. The van der Waals surface area contributed by atoms with Crippen LogP contribution in [0.15, 0.2) is 28.6 Å². The van der Waals surface area contributed by atoms with Crippen LogP contribution in [0.4, 0.5) is 0 Å². The number of methoxy groups -OCH3 is 2. The highest BCUT2D eigenvalue weighted by Crippen LogP contribution is 2.28. The summed E-state index contributed by atoms with van der Waals surface area (Å²) in [6.07, 6.45) is 1.90. The number of nitrogens with zero attached hydrogens (tertiary/aromatic N) is 3. The molecule has 0 saturated heterocycles. The number of guanidine groups is 1. The molecule has 32 heavy (non-hydrogen) atoms. The van der Waals surface area contributed by atoms with Crippen LogP contribution in [-0.4, -0.2) is 56.8 Å². The molecule has 0 saturated carbocycles. The van der Waals surface area contributed by atoms with Gasteiger partial charge in [-0.15, -0.1) is 35.3 Å². The zero-order valence-electron chi connectivity index (χ0n) is 20.0. The second kappa shape index (κ2) is 15.3. The molecule has 0 aliphatic rings. The Morgan fingerprint density at radius 2 is 2.03 bits per heavy atom. The number of rotatable bonds is 12. The molecular formula is C23H37IN4O3S. The zero-order chi connectivity index (χ0) is 22.6. The SMILES string of the molecule is CCNC(=NCCCc1ccc(OC)c(OCC)c1)N(C)Cc1csc(C(C)OC)n1.I. The second-order valence-electron chi connectivity index (χ2n) is 7.17. The number of benzene rings is 1. The van der Waals surface area contributed by atoms with Gasteiger partial charge in [0.2, 0.25) is 0 Å². The number of nitrogens with one attached hydrogen (secondary N) is 1. The lowest BCUT2D eigenvalue weighted by molar-refractivity contribution is 0.119. The molecular weight excluding hydrogens is 539 g/mol. The van der Waals surface area contributed by atoms with Crippen molar-refractivity contribution in [2.24, 2.45) is 4.99 Å². The van der Waals surface area contributed by atoms with Crippen molar-refractivity contribution in [3.63, 3.8) is 0 Å². The summed E-state index contributed by atoms with van der Waals surface area (Å²) in [5.41, 5.74) is 2.25. The first-order valence-electron chi connectivity index (χ1n) is 10.8. The van der Waals surface area contributed by atoms with Crippen LogP contribution in [0, 0.1) is 0 Å². The molecule has 0 bridgehead atoms. The first kappa shape index (κ1) is 28.4. The minimum absolute atomic E-state index is 0. The van der Waals surface area contributed by atoms with Crippen LogP contribution in [0.2, 0.25) is 0 Å². The molecule has 2 rings (SSSR count). The fourth-order valence-electron chi connectivity index (χ4n) is 3.08. The number of aliphatic imine (C=N–C) groups is 1. The average Bonchev–Trinajstić information content (AvgIpc) is 3.24. The quantitative estimate of drug-likeness (QED) is 0.168. The topological polar surface area (TPSA) is 68.2 Å². The standard InChI is InChI=1S/C23H36N4O3S.HI/c1-7-24-23(27(4)15-19-16-31-22(26-19)17(3)28-5)25-13-9-10-18-11-12-20(29-6)21(14-18)30-8-2;/h11-12,14,16-17H,7-10,13,15H2,1-6H3,(H,24,25);1H. The van der Waals surface area contributed by atoms with Crippen LogP contribution >= 0.6 is 35.3 Å². The summed E-state index contributed by atoms with van der Waals surface area (Å²) in [6.45, 7) is 8.95. The number of thiazole rings is 1. The van der Waals surface area contributed by atoms with Crippen LogP contribution in [-0.2, 0) is 17.7 Å². The molecule has 0 aliphatic heterocycles. The van der Waals surface area contributed by atoms with Crippen LogP contribution in [0.3, 0.4) is 0 Å². The summed E-state index contributed by atoms with van der Waals surface area (Å²) in [5, 5.41) is 6.46. The van der Waals surface area contributed by atoms with Gasteiger partial charge in [-0.3, -0.25) is 4.99 Å². The Labute approximate surface area is 213 Å². The Morgan fingerprint density at radius 1 is 1.25 bits per heavy atom. The molecule has 1 aromatic carbocycles. The normalized spacial score (nSPS) is 12.1. The van der Waals surface area contributed by atoms with Gasteiger partial charge in [0, 0.05) is 32.6 Å². The highest BCUT2D eigenvalue weighted by molar-refractivity contribution is 14.0. The van der Waals surface area contributed by atoms with E-state index in [0.29, 0.717) is 13.2 Å². The minimum atomic E-state index is 0. The Bertz CT molecular complexity index is 831. The summed E-state index contributed by atoms with van der Waals surface area (Å²) >= 11 is 1.63. The summed E-state index contributed by atoms with van der Waals surface area (Å²) < 4.78 is 16.4. The number of hydrogen-bond donors (Lipinski definition) is 1. The Kier molecular flexibility index (Phi) is 13.6. The van der Waals surface area contributed by atoms with Gasteiger partial charge in [-0.2, -0.15) is 0 Å². The molecule has 1 atom stereocenters. The third kappa shape index (κ3) is 8.74. The maximum atomic E-state index is 5.67. The van der Waals surface area contributed by atoms with Crippen molar-refractivity contribution in [1.82, 2.24) is 15.2 Å². The molecule has 0 radical (unpaired) electrons. The molecule has 0 spiro atoms. The predicted molar refractivity (Wildman–Crippen MR) is 143 cm³/mol. The third-order valence-corrected chi connectivity index (χ3v) is 5.83. The van der Waals surface area contributed by atoms with E-state index in [1.54, 1.807) is 25.6 Å². The largest absolute Gasteiger partial charge is 0.493 e. The lowest BCUT2D eigenvalue weighted by Crippen LogP contribution is -2.38. The minimum Gasteiger partial charge on any atom is -0.493 e. The summed E-state index contributed by atoms with van der Waals surface area (Å²) in [6, 6.07) is 6.11. The van der Waals surface area contributed by atoms with E-state index in [9.17, 15) is 0 Å². The van der Waals surface area contributed by atoms with Crippen LogP contribution < -0.4 is 14.8 Å². The van der Waals surface area contributed by atoms with Gasteiger partial charge in [0.1, 0.15) is 11.1 Å². The van der Waals surface area contributed by atoms with Crippen molar-refractivity contribution < 1.29 is 14.2 Å². The molecule has 0 fully saturated rings. The molecule has 1 aromatic heterocycles. The average molecular weight is 577 g/mol. The van der Waals surface area contributed by atoms with Crippen molar-refractivity contribution in [3.8, 4) is 11.5 Å². The zero-order valence-corrected chi connectivity index (χ0v) is 23.2. The van der Waals surface area contributed by atoms with E-state index in [1.807, 2.05) is 27.0 Å². The fourth-order valence-corrected chi connectivity index (χ4v) is 3.93. The maximum Gasteiger partial charge on any atom is 0.194 e. The van der Waals surface area contributed by atoms with Gasteiger partial charge in [0.25, 0.3) is 0 Å². The van der Waals surface area contributed by atoms with E-state index < -0.39 is 0 Å². The predicted octanol–water partition coefficient (Wildman–Crippen LogP) is 4.91. The van der Waals surface area contributed by atoms with Gasteiger partial charge >= 0.3 is 0 Å². The van der Waals surface area contributed by atoms with Gasteiger partial charge in [0.15, 0.2) is 17.5 Å². The van der Waals surface area contributed by atoms with Crippen LogP contribution in [0.25, 0.3) is 0 Å². The van der Waals surface area contributed by atoms with E-state index in [0.717, 1.165) is 54.1 Å². The first-order valence-corrected chi connectivity index (χ1v) is 11.7. The number of aryl methyl sites for hydroxylation is 1. The Balaban J connectivity index is 0.00000512. The summed E-state index contributed by atoms with van der Waals surface area (Å²) in [4.78, 5) is 11.6. The van der Waals surface area contributed by atoms with Crippen molar-refractivity contribution in [2.75, 3.05) is 41.0 Å². The van der Waals surface area contributed by atoms with Gasteiger partial charge < -0.3 is 24.4 Å². The van der Waals surface area contributed by atoms with Gasteiger partial charge in [0.05, 0.1) is 26.0 Å². The molecule has 0 aliphatic carbocycles. The van der Waals surface area contributed by atoms with Crippen LogP contribution in [0.1, 0.15) is 49.6 Å². The van der Waals surface area contributed by atoms with Crippen molar-refractivity contribution in [2.45, 2.75) is 46.3 Å². The summed E-state index contributed by atoms with van der Waals surface area (Å²) in [5.74, 6) is 2.45. The van der Waals surface area contributed by atoms with Crippen molar-refractivity contribution in [1.29, 1.82) is 0 Å². The smallest absolute Gasteiger partial charge is 0.194 e. The molecule has 2 aromatic rings. The van der Waals surface area contributed by atoms with Crippen LogP contribution in [0.5, 0.6) is 11.5 Å². The third-order valence-electron chi connectivity index (χ3n) is 4.78. The monoisotopic (exact) mass is 576 g/mol. The van der Waals surface area contributed by atoms with E-state index in [-0.39, 0.29) is 30.1 Å². The number of ether oxygens (including phenoxy) is 3. The molecule has 7 nitrogen and oxygen atoms in total.